The SMILES string of the molecule is Cc1ccc(C(=O)N2CCc3[nH]c4ccc(-c5ccccc5C#N)cc4c3C2)cc1. The van der Waals surface area contributed by atoms with Crippen LogP contribution >= 0.6 is 0 Å². The van der Waals surface area contributed by atoms with Crippen LogP contribution in [0, 0.1) is 18.3 Å². The van der Waals surface area contributed by atoms with Crippen molar-refractivity contribution in [1.29, 1.82) is 5.26 Å². The van der Waals surface area contributed by atoms with E-state index in [0.717, 1.165) is 39.6 Å². The van der Waals surface area contributed by atoms with E-state index < -0.39 is 0 Å². The summed E-state index contributed by atoms with van der Waals surface area (Å²) in [6, 6.07) is 24.0. The highest BCUT2D eigenvalue weighted by atomic mass is 16.2. The third-order valence-corrected chi connectivity index (χ3v) is 5.92. The number of hydrogen-bond acceptors (Lipinski definition) is 2. The Kier molecular flexibility index (Phi) is 4.37. The fourth-order valence-corrected chi connectivity index (χ4v) is 4.27. The lowest BCUT2D eigenvalue weighted by molar-refractivity contribution is 0.0735. The molecule has 0 bridgehead atoms. The molecule has 4 aromatic rings. The molecule has 1 aliphatic rings. The van der Waals surface area contributed by atoms with Crippen molar-refractivity contribution in [2.24, 2.45) is 0 Å². The van der Waals surface area contributed by atoms with Crippen LogP contribution < -0.4 is 0 Å². The number of hydrogen-bond donors (Lipinski definition) is 1. The number of aromatic nitrogens is 1. The Hall–Kier alpha value is -3.84. The van der Waals surface area contributed by atoms with Gasteiger partial charge in [0.1, 0.15) is 0 Å². The summed E-state index contributed by atoms with van der Waals surface area (Å²) in [7, 11) is 0. The first-order chi connectivity index (χ1) is 14.6. The Bertz CT molecular complexity index is 1310. The lowest BCUT2D eigenvalue weighted by Crippen LogP contribution is -2.35. The van der Waals surface area contributed by atoms with Gasteiger partial charge in [0.15, 0.2) is 0 Å². The van der Waals surface area contributed by atoms with E-state index in [-0.39, 0.29) is 5.91 Å². The van der Waals surface area contributed by atoms with E-state index in [2.05, 4.69) is 29.3 Å². The van der Waals surface area contributed by atoms with Gasteiger partial charge in [-0.05, 0) is 48.4 Å². The van der Waals surface area contributed by atoms with E-state index >= 15 is 0 Å². The van der Waals surface area contributed by atoms with Gasteiger partial charge in [0, 0.05) is 47.2 Å². The molecule has 4 heteroatoms. The molecule has 1 aliphatic heterocycles. The first-order valence-corrected chi connectivity index (χ1v) is 10.1. The summed E-state index contributed by atoms with van der Waals surface area (Å²) in [5.41, 5.74) is 7.93. The maximum atomic E-state index is 13.0. The van der Waals surface area contributed by atoms with Crippen LogP contribution in [-0.2, 0) is 13.0 Å². The zero-order valence-corrected chi connectivity index (χ0v) is 16.8. The molecular weight excluding hydrogens is 370 g/mol. The van der Waals surface area contributed by atoms with Gasteiger partial charge < -0.3 is 9.88 Å². The topological polar surface area (TPSA) is 59.9 Å². The predicted octanol–water partition coefficient (Wildman–Crippen LogP) is 5.21. The molecule has 0 fully saturated rings. The number of rotatable bonds is 2. The van der Waals surface area contributed by atoms with E-state index in [4.69, 9.17) is 0 Å². The molecule has 0 unspecified atom stereocenters. The van der Waals surface area contributed by atoms with Crippen molar-refractivity contribution in [1.82, 2.24) is 9.88 Å². The molecule has 1 aromatic heterocycles. The highest BCUT2D eigenvalue weighted by molar-refractivity contribution is 5.95. The Morgan fingerprint density at radius 3 is 2.67 bits per heavy atom. The first kappa shape index (κ1) is 18.2. The van der Waals surface area contributed by atoms with Crippen molar-refractivity contribution in [3.63, 3.8) is 0 Å². The van der Waals surface area contributed by atoms with Crippen LogP contribution in [0.5, 0.6) is 0 Å². The lowest BCUT2D eigenvalue weighted by atomic mass is 9.97. The number of nitriles is 1. The number of nitrogens with one attached hydrogen (secondary N) is 1. The largest absolute Gasteiger partial charge is 0.358 e. The molecule has 0 radical (unpaired) electrons. The summed E-state index contributed by atoms with van der Waals surface area (Å²) >= 11 is 0. The van der Waals surface area contributed by atoms with Crippen LogP contribution in [0.25, 0.3) is 22.0 Å². The molecule has 0 spiro atoms. The number of aromatic amines is 1. The maximum absolute atomic E-state index is 13.0. The third-order valence-electron chi connectivity index (χ3n) is 5.92. The fraction of sp³-hybridized carbons (Fsp3) is 0.154. The molecule has 0 atom stereocenters. The third kappa shape index (κ3) is 3.05. The molecule has 0 aliphatic carbocycles. The maximum Gasteiger partial charge on any atom is 0.254 e. The van der Waals surface area contributed by atoms with Gasteiger partial charge in [-0.1, -0.05) is 42.0 Å². The highest BCUT2D eigenvalue weighted by Crippen LogP contribution is 2.33. The lowest BCUT2D eigenvalue weighted by Gasteiger charge is -2.27. The molecule has 1 N–H and O–H groups in total. The normalized spacial score (nSPS) is 13.1. The van der Waals surface area contributed by atoms with Crippen molar-refractivity contribution in [3.05, 3.63) is 94.7 Å². The zero-order chi connectivity index (χ0) is 20.7. The number of carbonyl (C=O) groups excluding carboxylic acids is 1. The van der Waals surface area contributed by atoms with Crippen molar-refractivity contribution >= 4 is 16.8 Å². The minimum absolute atomic E-state index is 0.0704. The second-order valence-electron chi connectivity index (χ2n) is 7.84. The predicted molar refractivity (Wildman–Crippen MR) is 118 cm³/mol. The van der Waals surface area contributed by atoms with Crippen molar-refractivity contribution < 1.29 is 4.79 Å². The fourth-order valence-electron chi connectivity index (χ4n) is 4.27. The molecule has 30 heavy (non-hydrogen) atoms. The van der Waals surface area contributed by atoms with Crippen LogP contribution in [0.4, 0.5) is 0 Å². The van der Waals surface area contributed by atoms with Crippen LogP contribution in [0.2, 0.25) is 0 Å². The number of aryl methyl sites for hydroxylation is 1. The van der Waals surface area contributed by atoms with Gasteiger partial charge >= 0.3 is 0 Å². The average molecular weight is 391 g/mol. The van der Waals surface area contributed by atoms with Gasteiger partial charge in [-0.3, -0.25) is 4.79 Å². The smallest absolute Gasteiger partial charge is 0.254 e. The number of amides is 1. The summed E-state index contributed by atoms with van der Waals surface area (Å²) in [5.74, 6) is 0.0704. The molecule has 4 nitrogen and oxygen atoms in total. The molecule has 3 aromatic carbocycles. The minimum Gasteiger partial charge on any atom is -0.358 e. The minimum atomic E-state index is 0.0704. The molecule has 0 saturated carbocycles. The first-order valence-electron chi connectivity index (χ1n) is 10.1. The molecule has 2 heterocycles. The standard InChI is InChI=1S/C26H21N3O/c1-17-6-8-18(9-7-17)26(30)29-13-12-25-23(16-29)22-14-19(10-11-24(22)28-25)21-5-3-2-4-20(21)15-27/h2-11,14,28H,12-13,16H2,1H3. The van der Waals surface area contributed by atoms with Crippen LogP contribution in [0.3, 0.4) is 0 Å². The second kappa shape index (κ2) is 7.20. The monoisotopic (exact) mass is 391 g/mol. The van der Waals surface area contributed by atoms with Crippen molar-refractivity contribution in [2.45, 2.75) is 19.9 Å². The van der Waals surface area contributed by atoms with Gasteiger partial charge in [-0.15, -0.1) is 0 Å². The van der Waals surface area contributed by atoms with E-state index in [0.29, 0.717) is 18.7 Å². The Morgan fingerprint density at radius 1 is 1.07 bits per heavy atom. The van der Waals surface area contributed by atoms with Gasteiger partial charge in [0.05, 0.1) is 11.6 Å². The summed E-state index contributed by atoms with van der Waals surface area (Å²) in [5, 5.41) is 10.6. The molecule has 1 amide bonds. The van der Waals surface area contributed by atoms with Gasteiger partial charge in [-0.25, -0.2) is 0 Å². The van der Waals surface area contributed by atoms with Gasteiger partial charge in [-0.2, -0.15) is 5.26 Å². The Labute approximate surface area is 175 Å². The second-order valence-corrected chi connectivity index (χ2v) is 7.84. The molecular formula is C26H21N3O. The average Bonchev–Trinajstić information content (AvgIpc) is 3.16. The zero-order valence-electron chi connectivity index (χ0n) is 16.8. The molecule has 146 valence electrons. The number of carbonyl (C=O) groups is 1. The summed E-state index contributed by atoms with van der Waals surface area (Å²) in [6.45, 7) is 3.32. The van der Waals surface area contributed by atoms with Crippen LogP contribution in [0.15, 0.2) is 66.7 Å². The van der Waals surface area contributed by atoms with Gasteiger partial charge in [0.2, 0.25) is 0 Å². The van der Waals surface area contributed by atoms with E-state index in [1.54, 1.807) is 0 Å². The summed E-state index contributed by atoms with van der Waals surface area (Å²) in [4.78, 5) is 18.5. The molecule has 0 saturated heterocycles. The quantitative estimate of drug-likeness (QED) is 0.510. The Balaban J connectivity index is 1.52. The number of nitrogens with zero attached hydrogens (tertiary/aromatic N) is 2. The van der Waals surface area contributed by atoms with Crippen LogP contribution in [-0.4, -0.2) is 22.3 Å². The summed E-state index contributed by atoms with van der Waals surface area (Å²) < 4.78 is 0. The summed E-state index contributed by atoms with van der Waals surface area (Å²) in [6.07, 6.45) is 0.811. The van der Waals surface area contributed by atoms with Crippen molar-refractivity contribution in [3.8, 4) is 17.2 Å². The van der Waals surface area contributed by atoms with Crippen LogP contribution in [0.1, 0.15) is 32.7 Å². The van der Waals surface area contributed by atoms with E-state index in [1.165, 1.54) is 11.3 Å². The number of fused-ring (bicyclic) bond motifs is 3. The number of benzene rings is 3. The van der Waals surface area contributed by atoms with E-state index in [1.807, 2.05) is 60.4 Å². The van der Waals surface area contributed by atoms with Crippen molar-refractivity contribution in [2.75, 3.05) is 6.54 Å². The Morgan fingerprint density at radius 2 is 1.87 bits per heavy atom. The highest BCUT2D eigenvalue weighted by Gasteiger charge is 2.25. The van der Waals surface area contributed by atoms with E-state index in [9.17, 15) is 10.1 Å². The van der Waals surface area contributed by atoms with Gasteiger partial charge in [0.25, 0.3) is 5.91 Å². The molecule has 5 rings (SSSR count). The number of H-pyrrole nitrogens is 1.